The molecule has 2 heterocycles. The van der Waals surface area contributed by atoms with Crippen LogP contribution in [0, 0.1) is 17.2 Å². The van der Waals surface area contributed by atoms with Crippen LogP contribution < -0.4 is 5.73 Å². The van der Waals surface area contributed by atoms with E-state index in [4.69, 9.17) is 10.5 Å². The fraction of sp³-hybridized carbons (Fsp3) is 0.643. The van der Waals surface area contributed by atoms with E-state index in [-0.39, 0.29) is 23.3 Å². The van der Waals surface area contributed by atoms with E-state index in [0.29, 0.717) is 52.2 Å². The maximum absolute atomic E-state index is 12.3. The molecular formula is C14H20N4O3. The Kier molecular flexibility index (Phi) is 5.17. The van der Waals surface area contributed by atoms with Gasteiger partial charge in [0.15, 0.2) is 0 Å². The first kappa shape index (κ1) is 15.3. The van der Waals surface area contributed by atoms with Crippen LogP contribution in [0.25, 0.3) is 0 Å². The van der Waals surface area contributed by atoms with Gasteiger partial charge < -0.3 is 20.3 Å². The summed E-state index contributed by atoms with van der Waals surface area (Å²) in [5.41, 5.74) is 5.42. The Morgan fingerprint density at radius 1 is 1.19 bits per heavy atom. The number of amides is 2. The topological polar surface area (TPSA) is 99.7 Å². The van der Waals surface area contributed by atoms with E-state index in [9.17, 15) is 14.9 Å². The van der Waals surface area contributed by atoms with Crippen LogP contribution in [-0.2, 0) is 14.3 Å². The van der Waals surface area contributed by atoms with Crippen molar-refractivity contribution in [3.05, 3.63) is 11.8 Å². The molecule has 7 nitrogen and oxygen atoms in total. The minimum absolute atomic E-state index is 0.102. The van der Waals surface area contributed by atoms with Gasteiger partial charge in [0.25, 0.3) is 5.91 Å². The van der Waals surface area contributed by atoms with Gasteiger partial charge in [-0.05, 0) is 12.8 Å². The highest BCUT2D eigenvalue weighted by Crippen LogP contribution is 2.18. The Labute approximate surface area is 123 Å². The van der Waals surface area contributed by atoms with E-state index < -0.39 is 0 Å². The van der Waals surface area contributed by atoms with Crippen molar-refractivity contribution in [1.82, 2.24) is 9.80 Å². The average Bonchev–Trinajstić information content (AvgIpc) is 2.53. The molecular weight excluding hydrogens is 272 g/mol. The summed E-state index contributed by atoms with van der Waals surface area (Å²) in [6.07, 6.45) is 2.93. The fourth-order valence-corrected chi connectivity index (χ4v) is 2.56. The molecule has 2 fully saturated rings. The monoisotopic (exact) mass is 292 g/mol. The Morgan fingerprint density at radius 2 is 1.81 bits per heavy atom. The lowest BCUT2D eigenvalue weighted by Crippen LogP contribution is -2.42. The van der Waals surface area contributed by atoms with Crippen molar-refractivity contribution in [2.75, 3.05) is 39.4 Å². The van der Waals surface area contributed by atoms with Gasteiger partial charge in [-0.3, -0.25) is 9.59 Å². The van der Waals surface area contributed by atoms with Gasteiger partial charge in [-0.15, -0.1) is 0 Å². The van der Waals surface area contributed by atoms with Gasteiger partial charge in [0.1, 0.15) is 11.6 Å². The zero-order valence-electron chi connectivity index (χ0n) is 12.0. The van der Waals surface area contributed by atoms with Crippen LogP contribution in [0.15, 0.2) is 11.8 Å². The van der Waals surface area contributed by atoms with Crippen LogP contribution in [0.2, 0.25) is 0 Å². The summed E-state index contributed by atoms with van der Waals surface area (Å²) in [7, 11) is 0. The second kappa shape index (κ2) is 7.09. The zero-order valence-corrected chi connectivity index (χ0v) is 12.0. The van der Waals surface area contributed by atoms with Crippen LogP contribution in [0.4, 0.5) is 0 Å². The molecule has 2 aliphatic rings. The van der Waals surface area contributed by atoms with Gasteiger partial charge in [0.2, 0.25) is 5.91 Å². The first-order valence-corrected chi connectivity index (χ1v) is 7.14. The van der Waals surface area contributed by atoms with E-state index >= 15 is 0 Å². The largest absolute Gasteiger partial charge is 0.378 e. The van der Waals surface area contributed by atoms with Crippen LogP contribution in [0.5, 0.6) is 0 Å². The predicted molar refractivity (Wildman–Crippen MR) is 74.6 cm³/mol. The van der Waals surface area contributed by atoms with Crippen molar-refractivity contribution < 1.29 is 14.3 Å². The second-order valence-electron chi connectivity index (χ2n) is 5.27. The Balaban J connectivity index is 1.96. The van der Waals surface area contributed by atoms with Crippen LogP contribution in [0.1, 0.15) is 12.8 Å². The van der Waals surface area contributed by atoms with Gasteiger partial charge in [-0.2, -0.15) is 5.26 Å². The molecule has 2 saturated heterocycles. The number of primary amides is 1. The lowest BCUT2D eigenvalue weighted by atomic mass is 9.96. The predicted octanol–water partition coefficient (Wildman–Crippen LogP) is -0.550. The summed E-state index contributed by atoms with van der Waals surface area (Å²) in [5.74, 6) is -0.628. The average molecular weight is 292 g/mol. The first-order valence-electron chi connectivity index (χ1n) is 7.14. The fourth-order valence-electron chi connectivity index (χ4n) is 2.56. The van der Waals surface area contributed by atoms with Crippen molar-refractivity contribution in [1.29, 1.82) is 5.26 Å². The van der Waals surface area contributed by atoms with Crippen molar-refractivity contribution in [3.8, 4) is 6.07 Å². The third kappa shape index (κ3) is 3.95. The molecule has 114 valence electrons. The number of nitrogens with zero attached hydrogens (tertiary/aromatic N) is 3. The number of carbonyl (C=O) groups excluding carboxylic acids is 2. The molecule has 21 heavy (non-hydrogen) atoms. The summed E-state index contributed by atoms with van der Waals surface area (Å²) in [4.78, 5) is 26.9. The molecule has 0 aromatic carbocycles. The van der Waals surface area contributed by atoms with Gasteiger partial charge in [-0.1, -0.05) is 0 Å². The number of nitriles is 1. The normalized spacial score (nSPS) is 21.0. The van der Waals surface area contributed by atoms with Gasteiger partial charge in [0.05, 0.1) is 13.2 Å². The quantitative estimate of drug-likeness (QED) is 0.556. The van der Waals surface area contributed by atoms with Crippen molar-refractivity contribution >= 4 is 11.8 Å². The zero-order chi connectivity index (χ0) is 15.2. The third-order valence-corrected chi connectivity index (χ3v) is 3.89. The van der Waals surface area contributed by atoms with Gasteiger partial charge in [-0.25, -0.2) is 0 Å². The lowest BCUT2D eigenvalue weighted by molar-refractivity contribution is -0.130. The molecule has 0 aliphatic carbocycles. The minimum atomic E-state index is -0.275. The van der Waals surface area contributed by atoms with Crippen LogP contribution in [0.3, 0.4) is 0 Å². The van der Waals surface area contributed by atoms with Gasteiger partial charge >= 0.3 is 0 Å². The van der Waals surface area contributed by atoms with E-state index in [0.717, 1.165) is 0 Å². The number of nitrogens with two attached hydrogens (primary N) is 1. The molecule has 0 atom stereocenters. The maximum Gasteiger partial charge on any atom is 0.266 e. The van der Waals surface area contributed by atoms with E-state index in [1.54, 1.807) is 11.1 Å². The molecule has 0 radical (unpaired) electrons. The molecule has 7 heteroatoms. The summed E-state index contributed by atoms with van der Waals surface area (Å²) < 4.78 is 5.20. The standard InChI is InChI=1S/C14H20N4O3/c15-9-12(14(20)18-5-7-21-8-6-18)10-17-3-1-11(2-4-17)13(16)19/h10-11H,1-8H2,(H2,16,19)/b12-10-. The molecule has 0 saturated carbocycles. The SMILES string of the molecule is N#C/C(=C/N1CCC(C(N)=O)CC1)C(=O)N1CCOCC1. The number of hydrogen-bond donors (Lipinski definition) is 1. The van der Waals surface area contributed by atoms with E-state index in [1.165, 1.54) is 0 Å². The van der Waals surface area contributed by atoms with Crippen molar-refractivity contribution in [2.45, 2.75) is 12.8 Å². The van der Waals surface area contributed by atoms with Crippen LogP contribution in [-0.4, -0.2) is 61.0 Å². The summed E-state index contributed by atoms with van der Waals surface area (Å²) in [6, 6.07) is 1.98. The van der Waals surface area contributed by atoms with E-state index in [1.807, 2.05) is 11.0 Å². The molecule has 0 aromatic rings. The summed E-state index contributed by atoms with van der Waals surface area (Å²) in [6.45, 7) is 3.32. The number of piperidine rings is 1. The molecule has 0 unspecified atom stereocenters. The first-order chi connectivity index (χ1) is 10.1. The van der Waals surface area contributed by atoms with Crippen molar-refractivity contribution in [2.24, 2.45) is 11.7 Å². The molecule has 2 amide bonds. The summed E-state index contributed by atoms with van der Waals surface area (Å²) >= 11 is 0. The van der Waals surface area contributed by atoms with Gasteiger partial charge in [0, 0.05) is 38.3 Å². The number of likely N-dealkylation sites (tertiary alicyclic amines) is 1. The minimum Gasteiger partial charge on any atom is -0.378 e. The molecule has 0 bridgehead atoms. The Bertz CT molecular complexity index is 469. The molecule has 0 aromatic heterocycles. The lowest BCUT2D eigenvalue weighted by Gasteiger charge is -2.30. The summed E-state index contributed by atoms with van der Waals surface area (Å²) in [5, 5.41) is 9.20. The second-order valence-corrected chi connectivity index (χ2v) is 5.27. The Morgan fingerprint density at radius 3 is 2.33 bits per heavy atom. The highest BCUT2D eigenvalue weighted by Gasteiger charge is 2.24. The number of hydrogen-bond acceptors (Lipinski definition) is 5. The number of morpholine rings is 1. The smallest absolute Gasteiger partial charge is 0.266 e. The van der Waals surface area contributed by atoms with Crippen LogP contribution >= 0.6 is 0 Å². The van der Waals surface area contributed by atoms with Crippen molar-refractivity contribution in [3.63, 3.8) is 0 Å². The number of ether oxygens (including phenoxy) is 1. The molecule has 0 spiro atoms. The highest BCUT2D eigenvalue weighted by atomic mass is 16.5. The highest BCUT2D eigenvalue weighted by molar-refractivity contribution is 5.97. The molecule has 2 aliphatic heterocycles. The maximum atomic E-state index is 12.3. The molecule has 2 N–H and O–H groups in total. The third-order valence-electron chi connectivity index (χ3n) is 3.89. The number of carbonyl (C=O) groups is 2. The molecule has 2 rings (SSSR count). The van der Waals surface area contributed by atoms with E-state index in [2.05, 4.69) is 0 Å². The number of rotatable bonds is 3. The Hall–Kier alpha value is -2.07.